The second-order valence-corrected chi connectivity index (χ2v) is 5.95. The molecule has 2 N–H and O–H groups in total. The highest BCUT2D eigenvalue weighted by molar-refractivity contribution is 5.84. The molecule has 114 valence electrons. The molecule has 21 heavy (non-hydrogen) atoms. The van der Waals surface area contributed by atoms with Gasteiger partial charge >= 0.3 is 5.97 Å². The Kier molecular flexibility index (Phi) is 4.66. The van der Waals surface area contributed by atoms with Crippen molar-refractivity contribution in [2.75, 3.05) is 6.54 Å². The molecule has 1 aromatic carbocycles. The summed E-state index contributed by atoms with van der Waals surface area (Å²) in [6.07, 6.45) is 2.64. The molecule has 1 fully saturated rings. The summed E-state index contributed by atoms with van der Waals surface area (Å²) < 4.78 is 0. The number of carbonyl (C=O) groups excluding carboxylic acids is 1. The number of carbonyl (C=O) groups is 2. The normalized spacial score (nSPS) is 18.6. The molecular formula is C17H23NO3. The maximum atomic E-state index is 12.1. The van der Waals surface area contributed by atoms with Gasteiger partial charge in [0.15, 0.2) is 0 Å². The van der Waals surface area contributed by atoms with Crippen molar-refractivity contribution in [2.45, 2.75) is 38.5 Å². The number of aliphatic carboxylic acids is 1. The SMILES string of the molecule is CCC(CNC(=O)C(C)C1CC1)(C(=O)O)c1ccccc1. The minimum atomic E-state index is -1.06. The van der Waals surface area contributed by atoms with Gasteiger partial charge in [-0.05, 0) is 30.7 Å². The van der Waals surface area contributed by atoms with Gasteiger partial charge in [0.25, 0.3) is 0 Å². The van der Waals surface area contributed by atoms with Crippen LogP contribution in [0.15, 0.2) is 30.3 Å². The average Bonchev–Trinajstić information content (AvgIpc) is 3.33. The first-order valence-corrected chi connectivity index (χ1v) is 7.58. The minimum absolute atomic E-state index is 0.0240. The summed E-state index contributed by atoms with van der Waals surface area (Å²) in [5.74, 6) is -0.477. The van der Waals surface area contributed by atoms with E-state index in [1.54, 1.807) is 0 Å². The number of hydrogen-bond acceptors (Lipinski definition) is 2. The van der Waals surface area contributed by atoms with E-state index in [4.69, 9.17) is 0 Å². The average molecular weight is 289 g/mol. The number of benzene rings is 1. The third-order valence-electron chi connectivity index (χ3n) is 4.65. The summed E-state index contributed by atoms with van der Waals surface area (Å²) in [4.78, 5) is 24.0. The van der Waals surface area contributed by atoms with Crippen LogP contribution < -0.4 is 5.32 Å². The summed E-state index contributed by atoms with van der Waals surface area (Å²) in [7, 11) is 0. The van der Waals surface area contributed by atoms with E-state index in [9.17, 15) is 14.7 Å². The molecular weight excluding hydrogens is 266 g/mol. The molecule has 1 aliphatic carbocycles. The Balaban J connectivity index is 2.13. The van der Waals surface area contributed by atoms with Crippen molar-refractivity contribution in [1.29, 1.82) is 0 Å². The highest BCUT2D eigenvalue weighted by Gasteiger charge is 2.40. The van der Waals surface area contributed by atoms with Crippen molar-refractivity contribution in [2.24, 2.45) is 11.8 Å². The van der Waals surface area contributed by atoms with E-state index < -0.39 is 11.4 Å². The van der Waals surface area contributed by atoms with Gasteiger partial charge in [0.05, 0.1) is 0 Å². The van der Waals surface area contributed by atoms with E-state index in [2.05, 4.69) is 5.32 Å². The molecule has 1 saturated carbocycles. The molecule has 0 spiro atoms. The van der Waals surface area contributed by atoms with Crippen LogP contribution in [0.3, 0.4) is 0 Å². The van der Waals surface area contributed by atoms with E-state index >= 15 is 0 Å². The third kappa shape index (κ3) is 3.26. The standard InChI is InChI=1S/C17H23NO3/c1-3-17(16(20)21,14-7-5-4-6-8-14)11-18-15(19)12(2)13-9-10-13/h4-8,12-13H,3,9-11H2,1-2H3,(H,18,19)(H,20,21). The second kappa shape index (κ2) is 6.29. The largest absolute Gasteiger partial charge is 0.481 e. The van der Waals surface area contributed by atoms with Gasteiger partial charge < -0.3 is 10.4 Å². The molecule has 1 aromatic rings. The highest BCUT2D eigenvalue weighted by Crippen LogP contribution is 2.36. The van der Waals surface area contributed by atoms with E-state index in [0.717, 1.165) is 18.4 Å². The van der Waals surface area contributed by atoms with Gasteiger partial charge in [-0.25, -0.2) is 0 Å². The van der Waals surface area contributed by atoms with Crippen LogP contribution in [0.4, 0.5) is 0 Å². The van der Waals surface area contributed by atoms with Crippen LogP contribution in [0, 0.1) is 11.8 Å². The number of rotatable bonds is 7. The second-order valence-electron chi connectivity index (χ2n) is 5.95. The monoisotopic (exact) mass is 289 g/mol. The van der Waals surface area contributed by atoms with Gasteiger partial charge in [0, 0.05) is 12.5 Å². The summed E-state index contributed by atoms with van der Waals surface area (Å²) in [5.41, 5.74) is -0.320. The Morgan fingerprint density at radius 3 is 2.43 bits per heavy atom. The maximum Gasteiger partial charge on any atom is 0.315 e. The maximum absolute atomic E-state index is 12.1. The number of carboxylic acid groups (broad SMARTS) is 1. The van der Waals surface area contributed by atoms with Crippen LogP contribution >= 0.6 is 0 Å². The van der Waals surface area contributed by atoms with E-state index in [1.165, 1.54) is 0 Å². The quantitative estimate of drug-likeness (QED) is 0.810. The topological polar surface area (TPSA) is 66.4 Å². The summed E-state index contributed by atoms with van der Waals surface area (Å²) in [6.45, 7) is 3.90. The number of nitrogens with one attached hydrogen (secondary N) is 1. The van der Waals surface area contributed by atoms with Crippen LogP contribution in [0.5, 0.6) is 0 Å². The summed E-state index contributed by atoms with van der Waals surface area (Å²) >= 11 is 0. The number of amides is 1. The van der Waals surface area contributed by atoms with E-state index in [1.807, 2.05) is 44.2 Å². The van der Waals surface area contributed by atoms with Crippen molar-refractivity contribution in [3.63, 3.8) is 0 Å². The Labute approximate surface area is 125 Å². The van der Waals surface area contributed by atoms with Crippen LogP contribution in [0.25, 0.3) is 0 Å². The molecule has 2 unspecified atom stereocenters. The molecule has 4 nitrogen and oxygen atoms in total. The molecule has 0 aliphatic heterocycles. The molecule has 1 aliphatic rings. The van der Waals surface area contributed by atoms with E-state index in [0.29, 0.717) is 12.3 Å². The zero-order chi connectivity index (χ0) is 15.5. The summed E-state index contributed by atoms with van der Waals surface area (Å²) in [6, 6.07) is 9.15. The highest BCUT2D eigenvalue weighted by atomic mass is 16.4. The molecule has 0 saturated heterocycles. The third-order valence-corrected chi connectivity index (χ3v) is 4.65. The van der Waals surface area contributed by atoms with Gasteiger partial charge in [0.1, 0.15) is 5.41 Å². The Hall–Kier alpha value is -1.84. The van der Waals surface area contributed by atoms with Crippen LogP contribution in [0.2, 0.25) is 0 Å². The molecule has 4 heteroatoms. The fraction of sp³-hybridized carbons (Fsp3) is 0.529. The fourth-order valence-electron chi connectivity index (χ4n) is 2.75. The molecule has 2 atom stereocenters. The number of carboxylic acids is 1. The van der Waals surface area contributed by atoms with Gasteiger partial charge in [-0.2, -0.15) is 0 Å². The zero-order valence-corrected chi connectivity index (χ0v) is 12.6. The Morgan fingerprint density at radius 1 is 1.33 bits per heavy atom. The Morgan fingerprint density at radius 2 is 1.95 bits per heavy atom. The molecule has 0 bridgehead atoms. The van der Waals surface area contributed by atoms with Gasteiger partial charge in [-0.1, -0.05) is 44.2 Å². The molecule has 1 amide bonds. The first-order chi connectivity index (χ1) is 10.0. The van der Waals surface area contributed by atoms with Gasteiger partial charge in [0.2, 0.25) is 5.91 Å². The fourth-order valence-corrected chi connectivity index (χ4v) is 2.75. The van der Waals surface area contributed by atoms with Crippen molar-refractivity contribution in [1.82, 2.24) is 5.32 Å². The number of hydrogen-bond donors (Lipinski definition) is 2. The van der Waals surface area contributed by atoms with Crippen molar-refractivity contribution >= 4 is 11.9 Å². The first kappa shape index (κ1) is 15.5. The predicted molar refractivity (Wildman–Crippen MR) is 80.9 cm³/mol. The smallest absolute Gasteiger partial charge is 0.315 e. The first-order valence-electron chi connectivity index (χ1n) is 7.58. The Bertz CT molecular complexity index is 510. The van der Waals surface area contributed by atoms with Crippen molar-refractivity contribution in [3.05, 3.63) is 35.9 Å². The zero-order valence-electron chi connectivity index (χ0n) is 12.6. The van der Waals surface area contributed by atoms with Crippen LogP contribution in [-0.2, 0) is 15.0 Å². The molecule has 0 aromatic heterocycles. The van der Waals surface area contributed by atoms with Crippen LogP contribution in [0.1, 0.15) is 38.7 Å². The van der Waals surface area contributed by atoms with Crippen LogP contribution in [-0.4, -0.2) is 23.5 Å². The minimum Gasteiger partial charge on any atom is -0.481 e. The molecule has 0 heterocycles. The predicted octanol–water partition coefficient (Wildman–Crippen LogP) is 2.58. The van der Waals surface area contributed by atoms with E-state index in [-0.39, 0.29) is 18.4 Å². The van der Waals surface area contributed by atoms with Crippen molar-refractivity contribution in [3.8, 4) is 0 Å². The lowest BCUT2D eigenvalue weighted by atomic mass is 9.78. The molecule has 2 rings (SSSR count). The van der Waals surface area contributed by atoms with Crippen molar-refractivity contribution < 1.29 is 14.7 Å². The van der Waals surface area contributed by atoms with Gasteiger partial charge in [-0.15, -0.1) is 0 Å². The lowest BCUT2D eigenvalue weighted by Gasteiger charge is -2.29. The summed E-state index contributed by atoms with van der Waals surface area (Å²) in [5, 5.41) is 12.6. The van der Waals surface area contributed by atoms with Gasteiger partial charge in [-0.3, -0.25) is 9.59 Å². The lowest BCUT2D eigenvalue weighted by molar-refractivity contribution is -0.144. The molecule has 0 radical (unpaired) electrons. The lowest BCUT2D eigenvalue weighted by Crippen LogP contribution is -2.47.